The van der Waals surface area contributed by atoms with Gasteiger partial charge in [0.15, 0.2) is 0 Å². The van der Waals surface area contributed by atoms with Crippen molar-refractivity contribution in [2.24, 2.45) is 0 Å². The van der Waals surface area contributed by atoms with E-state index in [1.165, 1.54) is 27.4 Å². The molecule has 0 aliphatic rings. The molecule has 0 saturated carbocycles. The highest BCUT2D eigenvalue weighted by Gasteiger charge is 2.13. The van der Waals surface area contributed by atoms with Gasteiger partial charge in [-0.3, -0.25) is 0 Å². The predicted octanol–water partition coefficient (Wildman–Crippen LogP) is 6.48. The normalized spacial score (nSPS) is 11.3. The van der Waals surface area contributed by atoms with Crippen molar-refractivity contribution in [3.63, 3.8) is 0 Å². The molecular formula is C25H19ClN2. The molecule has 0 spiro atoms. The van der Waals surface area contributed by atoms with Crippen LogP contribution in [-0.4, -0.2) is 9.55 Å². The zero-order valence-corrected chi connectivity index (χ0v) is 16.1. The van der Waals surface area contributed by atoms with Crippen molar-refractivity contribution in [1.82, 2.24) is 9.55 Å². The van der Waals surface area contributed by atoms with E-state index in [0.29, 0.717) is 0 Å². The molecule has 0 atom stereocenters. The summed E-state index contributed by atoms with van der Waals surface area (Å²) >= 11 is 6.05. The number of benzene rings is 4. The molecule has 28 heavy (non-hydrogen) atoms. The molecule has 0 amide bonds. The van der Waals surface area contributed by atoms with Crippen LogP contribution in [0.5, 0.6) is 0 Å². The van der Waals surface area contributed by atoms with Crippen LogP contribution >= 0.6 is 11.6 Å². The molecule has 1 aromatic heterocycles. The van der Waals surface area contributed by atoms with Crippen LogP contribution in [0.15, 0.2) is 91.0 Å². The highest BCUT2D eigenvalue weighted by Crippen LogP contribution is 2.24. The van der Waals surface area contributed by atoms with Gasteiger partial charge in [0, 0.05) is 18.0 Å². The molecule has 5 aromatic rings. The average molecular weight is 383 g/mol. The third-order valence-electron chi connectivity index (χ3n) is 5.22. The number of aromatic nitrogens is 2. The van der Waals surface area contributed by atoms with Crippen LogP contribution in [0.2, 0.25) is 5.02 Å². The van der Waals surface area contributed by atoms with E-state index < -0.39 is 0 Å². The first-order valence-electron chi connectivity index (χ1n) is 9.43. The van der Waals surface area contributed by atoms with E-state index in [0.717, 1.165) is 29.3 Å². The largest absolute Gasteiger partial charge is 0.323 e. The van der Waals surface area contributed by atoms with Crippen molar-refractivity contribution in [2.45, 2.75) is 13.0 Å². The molecule has 2 nitrogen and oxygen atoms in total. The Morgan fingerprint density at radius 3 is 2.39 bits per heavy atom. The second-order valence-corrected chi connectivity index (χ2v) is 7.48. The van der Waals surface area contributed by atoms with Crippen LogP contribution in [0.3, 0.4) is 0 Å². The molecule has 0 aliphatic carbocycles. The Kier molecular flexibility index (Phi) is 4.34. The fourth-order valence-electron chi connectivity index (χ4n) is 3.82. The summed E-state index contributed by atoms with van der Waals surface area (Å²) in [4.78, 5) is 4.94. The predicted molar refractivity (Wildman–Crippen MR) is 117 cm³/mol. The summed E-state index contributed by atoms with van der Waals surface area (Å²) in [5.74, 6) is 1.07. The minimum absolute atomic E-state index is 0.757. The van der Waals surface area contributed by atoms with Gasteiger partial charge < -0.3 is 4.57 Å². The lowest BCUT2D eigenvalue weighted by Crippen LogP contribution is -2.06. The highest BCUT2D eigenvalue weighted by molar-refractivity contribution is 6.30. The van der Waals surface area contributed by atoms with Crippen molar-refractivity contribution >= 4 is 33.4 Å². The summed E-state index contributed by atoms with van der Waals surface area (Å²) in [6.45, 7) is 0.796. The molecule has 0 bridgehead atoms. The van der Waals surface area contributed by atoms with Crippen LogP contribution in [0.25, 0.3) is 21.8 Å². The van der Waals surface area contributed by atoms with Gasteiger partial charge in [-0.25, -0.2) is 4.98 Å². The lowest BCUT2D eigenvalue weighted by atomic mass is 10.0. The Labute approximate surface area is 169 Å². The maximum absolute atomic E-state index is 6.05. The smallest absolute Gasteiger partial charge is 0.114 e. The van der Waals surface area contributed by atoms with Crippen LogP contribution in [0.1, 0.15) is 17.0 Å². The SMILES string of the molecule is Clc1ccc(Cc2nc3ccccc3n2Cc2cccc3ccccc23)cc1. The maximum Gasteiger partial charge on any atom is 0.114 e. The number of fused-ring (bicyclic) bond motifs is 2. The molecule has 5 rings (SSSR count). The summed E-state index contributed by atoms with van der Waals surface area (Å²) in [5, 5.41) is 3.32. The van der Waals surface area contributed by atoms with Crippen molar-refractivity contribution in [3.05, 3.63) is 113 Å². The Bertz CT molecular complexity index is 1260. The molecule has 0 unspecified atom stereocenters. The molecule has 0 radical (unpaired) electrons. The molecule has 3 heteroatoms. The number of imidazole rings is 1. The summed E-state index contributed by atoms with van der Waals surface area (Å²) in [7, 11) is 0. The zero-order chi connectivity index (χ0) is 18.9. The highest BCUT2D eigenvalue weighted by atomic mass is 35.5. The van der Waals surface area contributed by atoms with E-state index in [9.17, 15) is 0 Å². The van der Waals surface area contributed by atoms with E-state index in [1.807, 2.05) is 18.2 Å². The van der Waals surface area contributed by atoms with Gasteiger partial charge in [0.05, 0.1) is 11.0 Å². The molecule has 4 aromatic carbocycles. The van der Waals surface area contributed by atoms with Crippen LogP contribution < -0.4 is 0 Å². The Morgan fingerprint density at radius 2 is 1.50 bits per heavy atom. The lowest BCUT2D eigenvalue weighted by molar-refractivity contribution is 0.766. The summed E-state index contributed by atoms with van der Waals surface area (Å²) in [6, 6.07) is 31.5. The van der Waals surface area contributed by atoms with Crippen molar-refractivity contribution in [3.8, 4) is 0 Å². The second kappa shape index (κ2) is 7.14. The fraction of sp³-hybridized carbons (Fsp3) is 0.0800. The number of halogens is 1. The van der Waals surface area contributed by atoms with Crippen molar-refractivity contribution in [1.29, 1.82) is 0 Å². The van der Waals surface area contributed by atoms with E-state index >= 15 is 0 Å². The van der Waals surface area contributed by atoms with Gasteiger partial charge in [0.1, 0.15) is 5.82 Å². The van der Waals surface area contributed by atoms with Gasteiger partial charge in [-0.2, -0.15) is 0 Å². The number of hydrogen-bond donors (Lipinski definition) is 0. The topological polar surface area (TPSA) is 17.8 Å². The average Bonchev–Trinajstić information content (AvgIpc) is 3.07. The minimum Gasteiger partial charge on any atom is -0.323 e. The van der Waals surface area contributed by atoms with E-state index in [4.69, 9.17) is 16.6 Å². The number of nitrogens with zero attached hydrogens (tertiary/aromatic N) is 2. The number of rotatable bonds is 4. The van der Waals surface area contributed by atoms with Gasteiger partial charge in [0.2, 0.25) is 0 Å². The molecule has 0 saturated heterocycles. The number of para-hydroxylation sites is 2. The fourth-order valence-corrected chi connectivity index (χ4v) is 3.95. The van der Waals surface area contributed by atoms with Crippen LogP contribution in [0.4, 0.5) is 0 Å². The molecular weight excluding hydrogens is 364 g/mol. The first-order chi connectivity index (χ1) is 13.8. The molecule has 0 aliphatic heterocycles. The summed E-state index contributed by atoms with van der Waals surface area (Å²) in [5.41, 5.74) is 4.71. The summed E-state index contributed by atoms with van der Waals surface area (Å²) in [6.07, 6.45) is 0.774. The maximum atomic E-state index is 6.05. The molecule has 0 N–H and O–H groups in total. The van der Waals surface area contributed by atoms with E-state index in [1.54, 1.807) is 0 Å². The number of hydrogen-bond acceptors (Lipinski definition) is 1. The third-order valence-corrected chi connectivity index (χ3v) is 5.47. The quantitative estimate of drug-likeness (QED) is 0.347. The molecule has 1 heterocycles. The molecule has 136 valence electrons. The Morgan fingerprint density at radius 1 is 0.750 bits per heavy atom. The van der Waals surface area contributed by atoms with Crippen LogP contribution in [0, 0.1) is 0 Å². The summed E-state index contributed by atoms with van der Waals surface area (Å²) < 4.78 is 2.34. The van der Waals surface area contributed by atoms with E-state index in [-0.39, 0.29) is 0 Å². The first-order valence-corrected chi connectivity index (χ1v) is 9.81. The van der Waals surface area contributed by atoms with Gasteiger partial charge in [-0.15, -0.1) is 0 Å². The van der Waals surface area contributed by atoms with Gasteiger partial charge in [-0.1, -0.05) is 78.3 Å². The molecule has 0 fully saturated rings. The standard InChI is InChI=1S/C25H19ClN2/c26-21-14-12-18(13-15-21)16-25-27-23-10-3-4-11-24(23)28(25)17-20-8-5-7-19-6-1-2-9-22(19)20/h1-15H,16-17H2. The van der Waals surface area contributed by atoms with Gasteiger partial charge in [-0.05, 0) is 46.2 Å². The van der Waals surface area contributed by atoms with Crippen molar-refractivity contribution < 1.29 is 0 Å². The van der Waals surface area contributed by atoms with Crippen LogP contribution in [-0.2, 0) is 13.0 Å². The van der Waals surface area contributed by atoms with E-state index in [2.05, 4.69) is 77.4 Å². The third kappa shape index (κ3) is 3.17. The Balaban J connectivity index is 1.62. The monoisotopic (exact) mass is 382 g/mol. The Hall–Kier alpha value is -3.10. The second-order valence-electron chi connectivity index (χ2n) is 7.04. The zero-order valence-electron chi connectivity index (χ0n) is 15.3. The first kappa shape index (κ1) is 17.0. The minimum atomic E-state index is 0.757. The lowest BCUT2D eigenvalue weighted by Gasteiger charge is -2.12. The van der Waals surface area contributed by atoms with Gasteiger partial charge in [0.25, 0.3) is 0 Å². The van der Waals surface area contributed by atoms with Crippen molar-refractivity contribution in [2.75, 3.05) is 0 Å². The van der Waals surface area contributed by atoms with Gasteiger partial charge >= 0.3 is 0 Å².